The number of carbonyl (C=O) groups excluding carboxylic acids is 1. The Labute approximate surface area is 151 Å². The Morgan fingerprint density at radius 1 is 1.13 bits per heavy atom. The van der Waals surface area contributed by atoms with Gasteiger partial charge in [0.15, 0.2) is 11.7 Å². The molecule has 0 spiro atoms. The molecule has 0 fully saturated rings. The van der Waals surface area contributed by atoms with Crippen molar-refractivity contribution >= 4 is 39.7 Å². The molecule has 1 heterocycles. The van der Waals surface area contributed by atoms with Gasteiger partial charge in [0, 0.05) is 20.1 Å². The number of nitriles is 1. The van der Waals surface area contributed by atoms with E-state index in [2.05, 4.69) is 33.6 Å². The summed E-state index contributed by atoms with van der Waals surface area (Å²) in [6.45, 7) is 0. The van der Waals surface area contributed by atoms with E-state index in [0.29, 0.717) is 10.6 Å². The van der Waals surface area contributed by atoms with Gasteiger partial charge in [-0.1, -0.05) is 42.5 Å². The van der Waals surface area contributed by atoms with Gasteiger partial charge in [0.2, 0.25) is 0 Å². The molecule has 0 bridgehead atoms. The molecule has 3 nitrogen and oxygen atoms in total. The van der Waals surface area contributed by atoms with Gasteiger partial charge in [-0.15, -0.1) is 11.3 Å². The number of carbonyl (C=O) groups is 1. The number of rotatable bonds is 4. The predicted molar refractivity (Wildman–Crippen MR) is 99.4 cm³/mol. The van der Waals surface area contributed by atoms with Crippen LogP contribution in [0.1, 0.15) is 21.3 Å². The summed E-state index contributed by atoms with van der Waals surface area (Å²) in [5.41, 5.74) is 2.31. The predicted octanol–water partition coefficient (Wildman–Crippen LogP) is 4.90. The van der Waals surface area contributed by atoms with Crippen LogP contribution in [0.4, 0.5) is 0 Å². The zero-order chi connectivity index (χ0) is 16.2. The van der Waals surface area contributed by atoms with E-state index in [1.165, 1.54) is 11.3 Å². The lowest BCUT2D eigenvalue weighted by Gasteiger charge is -2.05. The summed E-state index contributed by atoms with van der Waals surface area (Å²) in [7, 11) is 0. The zero-order valence-corrected chi connectivity index (χ0v) is 14.9. The van der Waals surface area contributed by atoms with Crippen LogP contribution in [0.15, 0.2) is 60.0 Å². The SMILES string of the molecule is N#CC(C(=O)c1ccc(I)cc1)c1nc(-c2ccccc2)cs1. The minimum Gasteiger partial charge on any atom is -0.292 e. The first-order valence-electron chi connectivity index (χ1n) is 6.89. The van der Waals surface area contributed by atoms with Gasteiger partial charge in [-0.25, -0.2) is 4.98 Å². The maximum atomic E-state index is 12.6. The van der Waals surface area contributed by atoms with E-state index in [9.17, 15) is 10.1 Å². The molecule has 0 amide bonds. The van der Waals surface area contributed by atoms with Gasteiger partial charge in [0.1, 0.15) is 5.01 Å². The normalized spacial score (nSPS) is 11.7. The Bertz CT molecular complexity index is 866. The number of aromatic nitrogens is 1. The van der Waals surface area contributed by atoms with Crippen LogP contribution in [-0.2, 0) is 0 Å². The summed E-state index contributed by atoms with van der Waals surface area (Å²) in [5, 5.41) is 11.9. The van der Waals surface area contributed by atoms with Crippen molar-refractivity contribution in [2.45, 2.75) is 5.92 Å². The highest BCUT2D eigenvalue weighted by atomic mass is 127. The van der Waals surface area contributed by atoms with Crippen LogP contribution in [0.25, 0.3) is 11.3 Å². The third-order valence-corrected chi connectivity index (χ3v) is 4.99. The van der Waals surface area contributed by atoms with Crippen LogP contribution in [0.3, 0.4) is 0 Å². The van der Waals surface area contributed by atoms with E-state index in [0.717, 1.165) is 14.8 Å². The molecule has 5 heteroatoms. The number of hydrogen-bond acceptors (Lipinski definition) is 4. The second kappa shape index (κ2) is 7.02. The van der Waals surface area contributed by atoms with Crippen molar-refractivity contribution < 1.29 is 4.79 Å². The Balaban J connectivity index is 1.90. The number of halogens is 1. The van der Waals surface area contributed by atoms with Crippen LogP contribution in [0.2, 0.25) is 0 Å². The minimum atomic E-state index is -0.863. The fourth-order valence-electron chi connectivity index (χ4n) is 2.17. The number of nitrogens with zero attached hydrogens (tertiary/aromatic N) is 2. The van der Waals surface area contributed by atoms with Crippen LogP contribution in [0.5, 0.6) is 0 Å². The topological polar surface area (TPSA) is 53.8 Å². The number of thiazole rings is 1. The maximum Gasteiger partial charge on any atom is 0.186 e. The molecule has 0 saturated heterocycles. The molecule has 1 aromatic heterocycles. The molecule has 23 heavy (non-hydrogen) atoms. The average molecular weight is 430 g/mol. The molecule has 112 valence electrons. The van der Waals surface area contributed by atoms with E-state index in [1.807, 2.05) is 47.8 Å². The summed E-state index contributed by atoms with van der Waals surface area (Å²) >= 11 is 3.53. The summed E-state index contributed by atoms with van der Waals surface area (Å²) in [6, 6.07) is 19.0. The lowest BCUT2D eigenvalue weighted by molar-refractivity contribution is 0.0979. The molecule has 1 unspecified atom stereocenters. The average Bonchev–Trinajstić information content (AvgIpc) is 3.06. The third-order valence-electron chi connectivity index (χ3n) is 3.36. The second-order valence-corrected chi connectivity index (χ2v) is 7.01. The van der Waals surface area contributed by atoms with Crippen LogP contribution in [0, 0.1) is 14.9 Å². The standard InChI is InChI=1S/C18H11IN2OS/c19-14-8-6-13(7-9-14)17(22)15(10-20)18-21-16(11-23-18)12-4-2-1-3-5-12/h1-9,11,15H. The molecule has 2 aromatic carbocycles. The van der Waals surface area contributed by atoms with E-state index in [4.69, 9.17) is 0 Å². The largest absolute Gasteiger partial charge is 0.292 e. The van der Waals surface area contributed by atoms with Crippen molar-refractivity contribution in [1.29, 1.82) is 5.26 Å². The maximum absolute atomic E-state index is 12.6. The monoisotopic (exact) mass is 430 g/mol. The molecule has 0 radical (unpaired) electrons. The number of ketones is 1. The molecule has 0 aliphatic heterocycles. The highest BCUT2D eigenvalue weighted by Crippen LogP contribution is 2.28. The van der Waals surface area contributed by atoms with Crippen molar-refractivity contribution in [3.05, 3.63) is 74.1 Å². The van der Waals surface area contributed by atoms with Crippen molar-refractivity contribution in [3.8, 4) is 17.3 Å². The molecular weight excluding hydrogens is 419 g/mol. The lowest BCUT2D eigenvalue weighted by Crippen LogP contribution is -2.11. The Morgan fingerprint density at radius 2 is 1.83 bits per heavy atom. The van der Waals surface area contributed by atoms with Gasteiger partial charge in [-0.05, 0) is 34.7 Å². The molecule has 0 aliphatic rings. The Morgan fingerprint density at radius 3 is 2.48 bits per heavy atom. The highest BCUT2D eigenvalue weighted by molar-refractivity contribution is 14.1. The molecule has 1 atom stereocenters. The molecular formula is C18H11IN2OS. The highest BCUT2D eigenvalue weighted by Gasteiger charge is 2.25. The summed E-state index contributed by atoms with van der Waals surface area (Å²) in [6.07, 6.45) is 0. The minimum absolute atomic E-state index is 0.210. The van der Waals surface area contributed by atoms with Crippen molar-refractivity contribution in [3.63, 3.8) is 0 Å². The fourth-order valence-corrected chi connectivity index (χ4v) is 3.40. The molecule has 3 aromatic rings. The summed E-state index contributed by atoms with van der Waals surface area (Å²) in [5.74, 6) is -1.07. The van der Waals surface area contributed by atoms with Gasteiger partial charge in [-0.2, -0.15) is 5.26 Å². The first-order valence-corrected chi connectivity index (χ1v) is 8.85. The van der Waals surface area contributed by atoms with Gasteiger partial charge in [0.25, 0.3) is 0 Å². The molecule has 0 saturated carbocycles. The van der Waals surface area contributed by atoms with Crippen LogP contribution in [-0.4, -0.2) is 10.8 Å². The Kier molecular flexibility index (Phi) is 4.84. The van der Waals surface area contributed by atoms with E-state index in [-0.39, 0.29) is 5.78 Å². The van der Waals surface area contributed by atoms with Gasteiger partial charge in [-0.3, -0.25) is 4.79 Å². The quantitative estimate of drug-likeness (QED) is 0.437. The summed E-state index contributed by atoms with van der Waals surface area (Å²) in [4.78, 5) is 17.1. The van der Waals surface area contributed by atoms with Crippen molar-refractivity contribution in [2.24, 2.45) is 0 Å². The number of hydrogen-bond donors (Lipinski definition) is 0. The molecule has 0 N–H and O–H groups in total. The number of Topliss-reactive ketones (excluding diaryl/α,β-unsaturated/α-hetero) is 1. The zero-order valence-electron chi connectivity index (χ0n) is 11.9. The van der Waals surface area contributed by atoms with E-state index < -0.39 is 5.92 Å². The second-order valence-electron chi connectivity index (χ2n) is 4.87. The van der Waals surface area contributed by atoms with Gasteiger partial charge in [0.05, 0.1) is 11.8 Å². The third kappa shape index (κ3) is 3.49. The van der Waals surface area contributed by atoms with Gasteiger partial charge < -0.3 is 0 Å². The first kappa shape index (κ1) is 15.8. The van der Waals surface area contributed by atoms with Crippen LogP contribution < -0.4 is 0 Å². The first-order chi connectivity index (χ1) is 11.2. The van der Waals surface area contributed by atoms with Crippen molar-refractivity contribution in [1.82, 2.24) is 4.98 Å². The molecule has 3 rings (SSSR count). The smallest absolute Gasteiger partial charge is 0.186 e. The van der Waals surface area contributed by atoms with E-state index in [1.54, 1.807) is 12.1 Å². The van der Waals surface area contributed by atoms with Crippen molar-refractivity contribution in [2.75, 3.05) is 0 Å². The van der Waals surface area contributed by atoms with Crippen LogP contribution >= 0.6 is 33.9 Å². The number of benzene rings is 2. The fraction of sp³-hybridized carbons (Fsp3) is 0.0556. The van der Waals surface area contributed by atoms with Gasteiger partial charge >= 0.3 is 0 Å². The summed E-state index contributed by atoms with van der Waals surface area (Å²) < 4.78 is 1.05. The molecule has 0 aliphatic carbocycles. The Hall–Kier alpha value is -2.04. The van der Waals surface area contributed by atoms with E-state index >= 15 is 0 Å². The lowest BCUT2D eigenvalue weighted by atomic mass is 9.99.